The average molecular weight is 848 g/mol. The topological polar surface area (TPSA) is 21.7 Å². The Bertz CT molecular complexity index is 3580. The molecule has 0 amide bonds. The monoisotopic (exact) mass is 847 g/mol. The highest BCUT2D eigenvalue weighted by Gasteiger charge is 2.58. The molecule has 0 radical (unpaired) electrons. The maximum Gasteiger partial charge on any atom is 0.173 e. The van der Waals surface area contributed by atoms with Gasteiger partial charge >= 0.3 is 0 Å². The summed E-state index contributed by atoms with van der Waals surface area (Å²) in [5.41, 5.74) is 17.8. The summed E-state index contributed by atoms with van der Waals surface area (Å²) >= 11 is 0. The average Bonchev–Trinajstić information content (AvgIpc) is 3.86. The van der Waals surface area contributed by atoms with Gasteiger partial charge in [0.1, 0.15) is 5.76 Å². The lowest BCUT2D eigenvalue weighted by atomic mass is 9.64. The molecular weight excluding hydrogens is 803 g/mol. The predicted octanol–water partition coefficient (Wildman–Crippen LogP) is 16.4. The largest absolute Gasteiger partial charge is 0.454 e. The minimum atomic E-state index is -0.210. The van der Waals surface area contributed by atoms with Gasteiger partial charge in [-0.25, -0.2) is 0 Å². The number of nitrogens with zero attached hydrogens (tertiary/aromatic N) is 1. The van der Waals surface area contributed by atoms with Crippen LogP contribution in [0.1, 0.15) is 43.2 Å². The van der Waals surface area contributed by atoms with E-state index in [9.17, 15) is 0 Å². The first-order chi connectivity index (χ1) is 32.7. The molecule has 0 saturated heterocycles. The van der Waals surface area contributed by atoms with E-state index in [0.29, 0.717) is 5.92 Å². The zero-order valence-electron chi connectivity index (χ0n) is 36.5. The summed E-state index contributed by atoms with van der Waals surface area (Å²) in [6, 6.07) is 64.0. The first-order valence-corrected chi connectivity index (χ1v) is 23.5. The van der Waals surface area contributed by atoms with Gasteiger partial charge in [-0.3, -0.25) is 0 Å². The highest BCUT2D eigenvalue weighted by atomic mass is 16.6. The maximum absolute atomic E-state index is 7.08. The third kappa shape index (κ3) is 5.56. The van der Waals surface area contributed by atoms with Crippen LogP contribution in [0.3, 0.4) is 0 Å². The van der Waals surface area contributed by atoms with Crippen LogP contribution in [-0.2, 0) is 5.41 Å². The number of allylic oxidation sites excluding steroid dienone is 11. The van der Waals surface area contributed by atoms with Gasteiger partial charge in [-0.2, -0.15) is 0 Å². The molecule has 2 unspecified atom stereocenters. The molecule has 6 aliphatic rings. The maximum atomic E-state index is 7.08. The van der Waals surface area contributed by atoms with Crippen molar-refractivity contribution in [3.05, 3.63) is 251 Å². The van der Waals surface area contributed by atoms with Gasteiger partial charge in [0.2, 0.25) is 0 Å². The fourth-order valence-corrected chi connectivity index (χ4v) is 12.2. The molecule has 14 rings (SSSR count). The second-order valence-corrected chi connectivity index (χ2v) is 18.5. The van der Waals surface area contributed by atoms with E-state index in [2.05, 4.69) is 211 Å². The predicted molar refractivity (Wildman–Crippen MR) is 270 cm³/mol. The molecule has 1 heterocycles. The highest BCUT2D eigenvalue weighted by molar-refractivity contribution is 5.96. The van der Waals surface area contributed by atoms with Crippen molar-refractivity contribution in [3.63, 3.8) is 0 Å². The van der Waals surface area contributed by atoms with Crippen molar-refractivity contribution in [2.75, 3.05) is 4.90 Å². The summed E-state index contributed by atoms with van der Waals surface area (Å²) in [5, 5.41) is 4.83. The first-order valence-electron chi connectivity index (χ1n) is 23.5. The lowest BCUT2D eigenvalue weighted by molar-refractivity contribution is 0.291. The summed E-state index contributed by atoms with van der Waals surface area (Å²) < 4.78 is 14.1. The number of hydrogen-bond donors (Lipinski definition) is 0. The number of fused-ring (bicyclic) bond motifs is 12. The van der Waals surface area contributed by atoms with Gasteiger partial charge < -0.3 is 14.4 Å². The molecule has 1 aliphatic heterocycles. The van der Waals surface area contributed by atoms with Gasteiger partial charge in [0.25, 0.3) is 0 Å². The first kappa shape index (κ1) is 37.5. The van der Waals surface area contributed by atoms with Crippen LogP contribution < -0.4 is 14.4 Å². The molecule has 5 aliphatic carbocycles. The lowest BCUT2D eigenvalue weighted by Gasteiger charge is -2.38. The van der Waals surface area contributed by atoms with E-state index < -0.39 is 0 Å². The van der Waals surface area contributed by atoms with E-state index in [-0.39, 0.29) is 5.41 Å². The second-order valence-electron chi connectivity index (χ2n) is 18.5. The summed E-state index contributed by atoms with van der Waals surface area (Å²) in [6.07, 6.45) is 16.9. The van der Waals surface area contributed by atoms with Crippen LogP contribution in [0, 0.1) is 5.92 Å². The second kappa shape index (κ2) is 14.6. The molecular formula is C63H45NO2. The van der Waals surface area contributed by atoms with Crippen molar-refractivity contribution in [3.8, 4) is 33.8 Å². The number of hydrogen-bond acceptors (Lipinski definition) is 3. The van der Waals surface area contributed by atoms with E-state index in [4.69, 9.17) is 9.47 Å². The van der Waals surface area contributed by atoms with Crippen LogP contribution >= 0.6 is 0 Å². The van der Waals surface area contributed by atoms with Gasteiger partial charge in [-0.1, -0.05) is 152 Å². The number of ether oxygens (including phenoxy) is 2. The molecule has 3 nitrogen and oxygen atoms in total. The molecule has 1 spiro atoms. The van der Waals surface area contributed by atoms with Crippen LogP contribution in [0.2, 0.25) is 0 Å². The third-order valence-corrected chi connectivity index (χ3v) is 15.1. The quantitative estimate of drug-likeness (QED) is 0.172. The normalized spacial score (nSPS) is 19.8. The molecule has 8 aromatic carbocycles. The zero-order chi connectivity index (χ0) is 43.3. The summed E-state index contributed by atoms with van der Waals surface area (Å²) in [4.78, 5) is 2.38. The summed E-state index contributed by atoms with van der Waals surface area (Å²) in [6.45, 7) is 0. The van der Waals surface area contributed by atoms with Crippen molar-refractivity contribution in [2.24, 2.45) is 5.92 Å². The Morgan fingerprint density at radius 3 is 2.12 bits per heavy atom. The van der Waals surface area contributed by atoms with E-state index in [1.807, 2.05) is 0 Å². The number of rotatable bonds is 5. The Morgan fingerprint density at radius 1 is 0.500 bits per heavy atom. The molecule has 0 saturated carbocycles. The molecule has 0 aromatic heterocycles. The van der Waals surface area contributed by atoms with Crippen LogP contribution in [0.15, 0.2) is 240 Å². The molecule has 314 valence electrons. The molecule has 0 N–H and O–H groups in total. The SMILES string of the molecule is C1=CCC2C(=C1)C1(C3=C(C4=C(CC3)Oc3cc(-c5cccc(N(c6ccc7ccccc7c6)c6ccc7cc(-c8ccccc8)ccc7c6)c5)ccc3O4)c3ccccc31)C1=C2C=CCC1. The third-order valence-electron chi connectivity index (χ3n) is 15.1. The Labute approximate surface area is 385 Å². The fraction of sp³-hybridized carbons (Fsp3) is 0.111. The van der Waals surface area contributed by atoms with Crippen molar-refractivity contribution < 1.29 is 9.47 Å². The van der Waals surface area contributed by atoms with E-state index in [0.717, 1.165) is 83.3 Å². The Morgan fingerprint density at radius 2 is 1.21 bits per heavy atom. The van der Waals surface area contributed by atoms with Crippen LogP contribution in [0.25, 0.3) is 49.4 Å². The Balaban J connectivity index is 0.836. The Hall–Kier alpha value is -7.88. The smallest absolute Gasteiger partial charge is 0.173 e. The van der Waals surface area contributed by atoms with Gasteiger partial charge in [0, 0.05) is 35.0 Å². The minimum Gasteiger partial charge on any atom is -0.454 e. The van der Waals surface area contributed by atoms with Gasteiger partial charge in [-0.15, -0.1) is 0 Å². The van der Waals surface area contributed by atoms with Crippen molar-refractivity contribution >= 4 is 44.2 Å². The van der Waals surface area contributed by atoms with E-state index in [1.54, 1.807) is 16.7 Å². The molecule has 8 aromatic rings. The minimum absolute atomic E-state index is 0.210. The molecule has 3 heteroatoms. The zero-order valence-corrected chi connectivity index (χ0v) is 36.5. The number of anilines is 3. The molecule has 2 atom stereocenters. The van der Waals surface area contributed by atoms with Gasteiger partial charge in [-0.05, 0) is 157 Å². The van der Waals surface area contributed by atoms with Crippen LogP contribution in [0.5, 0.6) is 11.5 Å². The van der Waals surface area contributed by atoms with E-state index in [1.165, 1.54) is 54.9 Å². The molecule has 0 fully saturated rings. The van der Waals surface area contributed by atoms with Gasteiger partial charge in [0.15, 0.2) is 17.3 Å². The highest BCUT2D eigenvalue weighted by Crippen LogP contribution is 2.68. The summed E-state index contributed by atoms with van der Waals surface area (Å²) in [7, 11) is 0. The lowest BCUT2D eigenvalue weighted by Crippen LogP contribution is -2.32. The summed E-state index contributed by atoms with van der Waals surface area (Å²) in [5.74, 6) is 3.78. The standard InChI is InChI=1S/C63H45NO2/c1-2-13-40(14-3-1)44-25-26-46-38-50(31-28-45(46)35-44)64(49-30-27-41-15-4-5-16-42(41)36-49)48-18-12-17-43(37-48)47-29-33-58-60(39-47)65-59-34-32-57-61(62(59)66-58)53-21-8-11-24-56(53)63(57)54-22-9-6-19-51(54)52-20-7-10-23-55(52)63/h1-9,11-18,20-22,24-31,33,35-39,51H,10,19,23,32,34H2. The fourth-order valence-electron chi connectivity index (χ4n) is 12.2. The van der Waals surface area contributed by atoms with Crippen molar-refractivity contribution in [1.82, 2.24) is 0 Å². The number of benzene rings is 8. The van der Waals surface area contributed by atoms with Crippen molar-refractivity contribution in [1.29, 1.82) is 0 Å². The van der Waals surface area contributed by atoms with Crippen LogP contribution in [-0.4, -0.2) is 0 Å². The van der Waals surface area contributed by atoms with Gasteiger partial charge in [0.05, 0.1) is 5.41 Å². The van der Waals surface area contributed by atoms with E-state index >= 15 is 0 Å². The molecule has 66 heavy (non-hydrogen) atoms. The van der Waals surface area contributed by atoms with Crippen LogP contribution in [0.4, 0.5) is 17.1 Å². The van der Waals surface area contributed by atoms with Crippen molar-refractivity contribution in [2.45, 2.75) is 37.5 Å². The Kier molecular flexibility index (Phi) is 8.28. The molecule has 0 bridgehead atoms.